The van der Waals surface area contributed by atoms with Crippen LogP contribution in [0, 0.1) is 0 Å². The summed E-state index contributed by atoms with van der Waals surface area (Å²) in [5, 5.41) is 15.4. The van der Waals surface area contributed by atoms with Crippen molar-refractivity contribution < 1.29 is 9.90 Å². The molecule has 1 aromatic rings. The number of anilines is 1. The fourth-order valence-electron chi connectivity index (χ4n) is 2.32. The van der Waals surface area contributed by atoms with Crippen molar-refractivity contribution in [1.29, 1.82) is 0 Å². The van der Waals surface area contributed by atoms with Crippen LogP contribution in [-0.4, -0.2) is 30.2 Å². The van der Waals surface area contributed by atoms with Gasteiger partial charge in [-0.05, 0) is 56.4 Å². The third kappa shape index (κ3) is 3.96. The van der Waals surface area contributed by atoms with Crippen molar-refractivity contribution >= 4 is 11.6 Å². The van der Waals surface area contributed by atoms with E-state index in [4.69, 9.17) is 5.11 Å². The first-order chi connectivity index (χ1) is 9.16. The minimum absolute atomic E-state index is 0.0287. The van der Waals surface area contributed by atoms with Crippen LogP contribution in [0.2, 0.25) is 0 Å². The Bertz CT molecular complexity index is 444. The second kappa shape index (κ2) is 6.57. The maximum absolute atomic E-state index is 12.0. The number of carbonyl (C=O) groups excluding carboxylic acids is 1. The first kappa shape index (κ1) is 13.9. The van der Waals surface area contributed by atoms with E-state index in [0.717, 1.165) is 37.1 Å². The number of fused-ring (bicyclic) bond motifs is 1. The lowest BCUT2D eigenvalue weighted by atomic mass is 10.0. The lowest BCUT2D eigenvalue weighted by molar-refractivity contribution is 0.0949. The van der Waals surface area contributed by atoms with E-state index in [-0.39, 0.29) is 12.0 Å². The molecule has 4 nitrogen and oxygen atoms in total. The molecule has 1 aliphatic rings. The molecular formula is C15H22N2O2. The van der Waals surface area contributed by atoms with Gasteiger partial charge in [0, 0.05) is 24.3 Å². The molecule has 0 aliphatic carbocycles. The number of amides is 1. The molecule has 1 aromatic carbocycles. The predicted octanol–water partition coefficient (Wildman–Crippen LogP) is 1.94. The zero-order valence-electron chi connectivity index (χ0n) is 11.4. The van der Waals surface area contributed by atoms with E-state index in [2.05, 4.69) is 10.6 Å². The number of carbonyl (C=O) groups is 1. The summed E-state index contributed by atoms with van der Waals surface area (Å²) in [4.78, 5) is 12.0. The van der Waals surface area contributed by atoms with Crippen LogP contribution in [0.25, 0.3) is 0 Å². The molecule has 1 atom stereocenters. The van der Waals surface area contributed by atoms with Crippen LogP contribution < -0.4 is 10.6 Å². The van der Waals surface area contributed by atoms with Crippen LogP contribution >= 0.6 is 0 Å². The third-order valence-electron chi connectivity index (χ3n) is 3.39. The Hall–Kier alpha value is -1.55. The Morgan fingerprint density at radius 3 is 3.16 bits per heavy atom. The van der Waals surface area contributed by atoms with Crippen molar-refractivity contribution in [3.63, 3.8) is 0 Å². The monoisotopic (exact) mass is 262 g/mol. The second-order valence-corrected chi connectivity index (χ2v) is 5.15. The van der Waals surface area contributed by atoms with Crippen molar-refractivity contribution in [2.24, 2.45) is 0 Å². The zero-order chi connectivity index (χ0) is 13.7. The highest BCUT2D eigenvalue weighted by molar-refractivity contribution is 5.94. The molecule has 2 rings (SSSR count). The minimum atomic E-state index is -0.299. The number of aliphatic hydroxyl groups excluding tert-OH is 1. The molecule has 1 amide bonds. The van der Waals surface area contributed by atoms with Gasteiger partial charge in [-0.25, -0.2) is 0 Å². The van der Waals surface area contributed by atoms with Gasteiger partial charge in [0.1, 0.15) is 0 Å². The Kier molecular flexibility index (Phi) is 4.80. The molecule has 0 saturated carbocycles. The molecule has 1 heterocycles. The van der Waals surface area contributed by atoms with Crippen molar-refractivity contribution in [3.8, 4) is 0 Å². The molecule has 0 aromatic heterocycles. The van der Waals surface area contributed by atoms with E-state index >= 15 is 0 Å². The zero-order valence-corrected chi connectivity index (χ0v) is 11.4. The van der Waals surface area contributed by atoms with Gasteiger partial charge in [0.25, 0.3) is 5.91 Å². The van der Waals surface area contributed by atoms with Gasteiger partial charge in [0.05, 0.1) is 6.10 Å². The Morgan fingerprint density at radius 1 is 1.53 bits per heavy atom. The minimum Gasteiger partial charge on any atom is -0.393 e. The van der Waals surface area contributed by atoms with Crippen LogP contribution in [0.4, 0.5) is 5.69 Å². The Balaban J connectivity index is 1.88. The summed E-state index contributed by atoms with van der Waals surface area (Å²) in [6.07, 6.45) is 3.37. The summed E-state index contributed by atoms with van der Waals surface area (Å²) >= 11 is 0. The molecule has 1 unspecified atom stereocenters. The summed E-state index contributed by atoms with van der Waals surface area (Å²) in [7, 11) is 0. The van der Waals surface area contributed by atoms with E-state index in [0.29, 0.717) is 13.0 Å². The lowest BCUT2D eigenvalue weighted by Crippen LogP contribution is -2.25. The number of nitrogens with one attached hydrogen (secondary N) is 2. The Morgan fingerprint density at radius 2 is 2.37 bits per heavy atom. The smallest absolute Gasteiger partial charge is 0.251 e. The van der Waals surface area contributed by atoms with Gasteiger partial charge in [-0.15, -0.1) is 0 Å². The fourth-order valence-corrected chi connectivity index (χ4v) is 2.32. The highest BCUT2D eigenvalue weighted by atomic mass is 16.3. The average Bonchev–Trinajstić information content (AvgIpc) is 2.42. The van der Waals surface area contributed by atoms with E-state index in [9.17, 15) is 4.79 Å². The molecule has 19 heavy (non-hydrogen) atoms. The van der Waals surface area contributed by atoms with E-state index in [1.165, 1.54) is 5.56 Å². The van der Waals surface area contributed by atoms with E-state index < -0.39 is 0 Å². The number of aryl methyl sites for hydroxylation is 1. The number of hydrogen-bond donors (Lipinski definition) is 3. The van der Waals surface area contributed by atoms with Gasteiger partial charge < -0.3 is 15.7 Å². The number of rotatable bonds is 5. The van der Waals surface area contributed by atoms with Crippen LogP contribution in [0.1, 0.15) is 42.1 Å². The summed E-state index contributed by atoms with van der Waals surface area (Å²) < 4.78 is 0. The van der Waals surface area contributed by atoms with Crippen molar-refractivity contribution in [3.05, 3.63) is 29.3 Å². The van der Waals surface area contributed by atoms with Crippen LogP contribution in [0.5, 0.6) is 0 Å². The topological polar surface area (TPSA) is 61.4 Å². The molecular weight excluding hydrogens is 240 g/mol. The van der Waals surface area contributed by atoms with Gasteiger partial charge in [-0.1, -0.05) is 0 Å². The number of benzene rings is 1. The number of hydrogen-bond acceptors (Lipinski definition) is 3. The van der Waals surface area contributed by atoms with Crippen LogP contribution in [0.15, 0.2) is 18.2 Å². The van der Waals surface area contributed by atoms with Gasteiger partial charge >= 0.3 is 0 Å². The van der Waals surface area contributed by atoms with Gasteiger partial charge in [0.2, 0.25) is 0 Å². The molecule has 0 spiro atoms. The van der Waals surface area contributed by atoms with Gasteiger partial charge in [-0.3, -0.25) is 4.79 Å². The van der Waals surface area contributed by atoms with Crippen molar-refractivity contribution in [1.82, 2.24) is 5.32 Å². The normalized spacial score (nSPS) is 15.3. The molecule has 0 fully saturated rings. The van der Waals surface area contributed by atoms with Crippen molar-refractivity contribution in [2.75, 3.05) is 18.4 Å². The first-order valence-electron chi connectivity index (χ1n) is 7.00. The highest BCUT2D eigenvalue weighted by Crippen LogP contribution is 2.22. The molecule has 1 aliphatic heterocycles. The summed E-state index contributed by atoms with van der Waals surface area (Å²) in [5.74, 6) is -0.0287. The number of aliphatic hydroxyl groups is 1. The summed E-state index contributed by atoms with van der Waals surface area (Å²) in [6.45, 7) is 3.38. The SMILES string of the molecule is CC(O)CCCNC(=O)c1ccc2c(c1)CCCN2. The lowest BCUT2D eigenvalue weighted by Gasteiger charge is -2.18. The second-order valence-electron chi connectivity index (χ2n) is 5.15. The van der Waals surface area contributed by atoms with Gasteiger partial charge in [0.15, 0.2) is 0 Å². The quantitative estimate of drug-likeness (QED) is 0.711. The van der Waals surface area contributed by atoms with Crippen LogP contribution in [0.3, 0.4) is 0 Å². The summed E-state index contributed by atoms with van der Waals surface area (Å²) in [6, 6.07) is 5.83. The predicted molar refractivity (Wildman–Crippen MR) is 76.5 cm³/mol. The molecule has 0 bridgehead atoms. The van der Waals surface area contributed by atoms with Crippen LogP contribution in [-0.2, 0) is 6.42 Å². The van der Waals surface area contributed by atoms with Gasteiger partial charge in [-0.2, -0.15) is 0 Å². The molecule has 0 saturated heterocycles. The standard InChI is InChI=1S/C15H22N2O2/c1-11(18)4-2-9-17-15(19)13-6-7-14-12(10-13)5-3-8-16-14/h6-7,10-11,16,18H,2-5,8-9H2,1H3,(H,17,19). The summed E-state index contributed by atoms with van der Waals surface area (Å²) in [5.41, 5.74) is 3.10. The van der Waals surface area contributed by atoms with Crippen molar-refractivity contribution in [2.45, 2.75) is 38.7 Å². The maximum atomic E-state index is 12.0. The average molecular weight is 262 g/mol. The Labute approximate surface area is 114 Å². The highest BCUT2D eigenvalue weighted by Gasteiger charge is 2.12. The molecule has 104 valence electrons. The van der Waals surface area contributed by atoms with E-state index in [1.807, 2.05) is 18.2 Å². The third-order valence-corrected chi connectivity index (χ3v) is 3.39. The molecule has 3 N–H and O–H groups in total. The largest absolute Gasteiger partial charge is 0.393 e. The fraction of sp³-hybridized carbons (Fsp3) is 0.533. The van der Waals surface area contributed by atoms with E-state index in [1.54, 1.807) is 6.92 Å². The molecule has 0 radical (unpaired) electrons. The molecule has 4 heteroatoms. The first-order valence-corrected chi connectivity index (χ1v) is 7.00. The maximum Gasteiger partial charge on any atom is 0.251 e.